The lowest BCUT2D eigenvalue weighted by molar-refractivity contribution is -0.00276. The first-order valence-electron chi connectivity index (χ1n) is 7.14. The van der Waals surface area contributed by atoms with E-state index in [1.807, 2.05) is 49.6 Å². The van der Waals surface area contributed by atoms with Crippen molar-refractivity contribution in [1.29, 1.82) is 0 Å². The number of ether oxygens (including phenoxy) is 1. The third-order valence-electron chi connectivity index (χ3n) is 3.29. The highest BCUT2D eigenvalue weighted by atomic mass is 32.1. The summed E-state index contributed by atoms with van der Waals surface area (Å²) >= 11 is 1.61. The van der Waals surface area contributed by atoms with Gasteiger partial charge < -0.3 is 15.2 Å². The molecule has 0 aliphatic rings. The molecule has 5 heteroatoms. The third kappa shape index (κ3) is 5.21. The molecule has 21 heavy (non-hydrogen) atoms. The number of hydrogen-bond acceptors (Lipinski definition) is 5. The molecule has 1 aromatic heterocycles. The molecule has 114 valence electrons. The molecule has 2 rings (SSSR count). The van der Waals surface area contributed by atoms with Crippen LogP contribution in [0.3, 0.4) is 0 Å². The van der Waals surface area contributed by atoms with Crippen LogP contribution >= 0.6 is 11.3 Å². The molecule has 0 amide bonds. The fourth-order valence-electron chi connectivity index (χ4n) is 1.98. The fourth-order valence-corrected chi connectivity index (χ4v) is 2.65. The third-order valence-corrected chi connectivity index (χ3v) is 4.25. The van der Waals surface area contributed by atoms with Crippen molar-refractivity contribution in [3.8, 4) is 0 Å². The van der Waals surface area contributed by atoms with Crippen LogP contribution in [0.2, 0.25) is 0 Å². The zero-order chi connectivity index (χ0) is 15.1. The predicted octanol–water partition coefficient (Wildman–Crippen LogP) is 2.93. The molecule has 0 saturated heterocycles. The zero-order valence-electron chi connectivity index (χ0n) is 12.4. The van der Waals surface area contributed by atoms with Gasteiger partial charge in [-0.1, -0.05) is 30.3 Å². The van der Waals surface area contributed by atoms with Crippen molar-refractivity contribution in [2.75, 3.05) is 13.2 Å². The Labute approximate surface area is 129 Å². The minimum Gasteiger partial charge on any atom is -0.389 e. The number of hydrogen-bond donors (Lipinski definition) is 2. The number of thiazole rings is 1. The van der Waals surface area contributed by atoms with Gasteiger partial charge >= 0.3 is 0 Å². The first-order chi connectivity index (χ1) is 10.2. The lowest BCUT2D eigenvalue weighted by Crippen LogP contribution is -2.32. The van der Waals surface area contributed by atoms with Gasteiger partial charge in [-0.05, 0) is 19.4 Å². The minimum absolute atomic E-state index is 0.0164. The normalized spacial score (nSPS) is 15.6. The summed E-state index contributed by atoms with van der Waals surface area (Å²) in [5, 5.41) is 16.2. The number of aliphatic hydroxyl groups excluding tert-OH is 1. The summed E-state index contributed by atoms with van der Waals surface area (Å²) in [5.74, 6) is 0. The summed E-state index contributed by atoms with van der Waals surface area (Å²) in [7, 11) is 0. The molecule has 0 spiro atoms. The summed E-state index contributed by atoms with van der Waals surface area (Å²) in [6.45, 7) is 4.84. The highest BCUT2D eigenvalue weighted by molar-refractivity contribution is 7.09. The molecule has 0 aliphatic heterocycles. The first kappa shape index (κ1) is 16.1. The fraction of sp³-hybridized carbons (Fsp3) is 0.438. The van der Waals surface area contributed by atoms with E-state index < -0.39 is 6.10 Å². The van der Waals surface area contributed by atoms with Crippen LogP contribution in [0.4, 0.5) is 0 Å². The maximum atomic E-state index is 9.99. The van der Waals surface area contributed by atoms with Gasteiger partial charge in [0.15, 0.2) is 0 Å². The van der Waals surface area contributed by atoms with E-state index in [0.29, 0.717) is 13.2 Å². The number of aromatic nitrogens is 1. The van der Waals surface area contributed by atoms with Gasteiger partial charge in [0.1, 0.15) is 5.01 Å². The Hall–Kier alpha value is -1.27. The number of nitrogens with one attached hydrogen (secondary N) is 1. The van der Waals surface area contributed by atoms with Gasteiger partial charge in [0.25, 0.3) is 0 Å². The van der Waals surface area contributed by atoms with Crippen molar-refractivity contribution in [2.45, 2.75) is 32.1 Å². The average Bonchev–Trinajstić information content (AvgIpc) is 3.05. The maximum Gasteiger partial charge on any atom is 0.109 e. The highest BCUT2D eigenvalue weighted by Crippen LogP contribution is 2.17. The molecule has 0 aliphatic carbocycles. The van der Waals surface area contributed by atoms with Gasteiger partial charge in [-0.3, -0.25) is 0 Å². The molecule has 2 N–H and O–H groups in total. The molecule has 1 heterocycles. The van der Waals surface area contributed by atoms with Crippen LogP contribution in [-0.2, 0) is 4.74 Å². The van der Waals surface area contributed by atoms with Gasteiger partial charge in [-0.25, -0.2) is 4.98 Å². The standard InChI is InChI=1S/C16H22N2O2S/c1-12(16-17-8-9-21-16)18-10-15(19)11-20-13(2)14-6-4-3-5-7-14/h3-9,12-13,15,18-19H,10-11H2,1-2H3. The van der Waals surface area contributed by atoms with Gasteiger partial charge in [-0.15, -0.1) is 11.3 Å². The molecular formula is C16H22N2O2S. The Kier molecular flexibility index (Phi) is 6.32. The van der Waals surface area contributed by atoms with Crippen LogP contribution in [0.1, 0.15) is 36.6 Å². The number of nitrogens with zero attached hydrogens (tertiary/aromatic N) is 1. The van der Waals surface area contributed by atoms with Crippen LogP contribution in [0.25, 0.3) is 0 Å². The number of benzene rings is 1. The first-order valence-corrected chi connectivity index (χ1v) is 8.02. The summed E-state index contributed by atoms with van der Waals surface area (Å²) in [5.41, 5.74) is 1.12. The molecule has 2 aromatic rings. The minimum atomic E-state index is -0.529. The SMILES string of the molecule is CC(NCC(O)COC(C)c1ccccc1)c1nccs1. The lowest BCUT2D eigenvalue weighted by atomic mass is 10.1. The molecule has 0 saturated carbocycles. The summed E-state index contributed by atoms with van der Waals surface area (Å²) in [4.78, 5) is 4.25. The molecule has 1 aromatic carbocycles. The van der Waals surface area contributed by atoms with E-state index >= 15 is 0 Å². The Bertz CT molecular complexity index is 504. The second-order valence-corrected chi connectivity index (χ2v) is 5.97. The summed E-state index contributed by atoms with van der Waals surface area (Å²) < 4.78 is 5.71. The lowest BCUT2D eigenvalue weighted by Gasteiger charge is -2.18. The molecule has 0 fully saturated rings. The highest BCUT2D eigenvalue weighted by Gasteiger charge is 2.12. The monoisotopic (exact) mass is 306 g/mol. The Morgan fingerprint density at radius 3 is 2.71 bits per heavy atom. The van der Waals surface area contributed by atoms with Crippen LogP contribution in [-0.4, -0.2) is 29.3 Å². The van der Waals surface area contributed by atoms with E-state index in [1.54, 1.807) is 17.5 Å². The van der Waals surface area contributed by atoms with Gasteiger partial charge in [0.2, 0.25) is 0 Å². The number of rotatable bonds is 8. The van der Waals surface area contributed by atoms with E-state index in [-0.39, 0.29) is 12.1 Å². The smallest absolute Gasteiger partial charge is 0.109 e. The van der Waals surface area contributed by atoms with Crippen molar-refractivity contribution in [1.82, 2.24) is 10.3 Å². The van der Waals surface area contributed by atoms with Crippen LogP contribution < -0.4 is 5.32 Å². The van der Waals surface area contributed by atoms with Crippen molar-refractivity contribution in [3.05, 3.63) is 52.5 Å². The van der Waals surface area contributed by atoms with Gasteiger partial charge in [-0.2, -0.15) is 0 Å². The van der Waals surface area contributed by atoms with Crippen molar-refractivity contribution >= 4 is 11.3 Å². The Morgan fingerprint density at radius 1 is 1.29 bits per heavy atom. The molecule has 0 bridgehead atoms. The molecule has 3 atom stereocenters. The van der Waals surface area contributed by atoms with Crippen LogP contribution in [0, 0.1) is 0 Å². The van der Waals surface area contributed by atoms with E-state index in [2.05, 4.69) is 10.3 Å². The second kappa shape index (κ2) is 8.24. The summed E-state index contributed by atoms with van der Waals surface area (Å²) in [6.07, 6.45) is 1.25. The topological polar surface area (TPSA) is 54.4 Å². The van der Waals surface area contributed by atoms with Crippen molar-refractivity contribution in [2.24, 2.45) is 0 Å². The van der Waals surface area contributed by atoms with Crippen LogP contribution in [0.15, 0.2) is 41.9 Å². The maximum absolute atomic E-state index is 9.99. The average molecular weight is 306 g/mol. The molecule has 0 radical (unpaired) electrons. The van der Waals surface area contributed by atoms with E-state index in [4.69, 9.17) is 4.74 Å². The predicted molar refractivity (Wildman–Crippen MR) is 85.3 cm³/mol. The second-order valence-electron chi connectivity index (χ2n) is 5.04. The van der Waals surface area contributed by atoms with E-state index in [9.17, 15) is 5.11 Å². The quantitative estimate of drug-likeness (QED) is 0.787. The van der Waals surface area contributed by atoms with E-state index in [0.717, 1.165) is 10.6 Å². The Balaban J connectivity index is 1.69. The molecule has 3 unspecified atom stereocenters. The molecular weight excluding hydrogens is 284 g/mol. The number of aliphatic hydroxyl groups is 1. The van der Waals surface area contributed by atoms with Crippen molar-refractivity contribution in [3.63, 3.8) is 0 Å². The van der Waals surface area contributed by atoms with Gasteiger partial charge in [0.05, 0.1) is 24.9 Å². The van der Waals surface area contributed by atoms with Gasteiger partial charge in [0, 0.05) is 18.1 Å². The van der Waals surface area contributed by atoms with E-state index in [1.165, 1.54) is 0 Å². The zero-order valence-corrected chi connectivity index (χ0v) is 13.2. The summed E-state index contributed by atoms with van der Waals surface area (Å²) in [6, 6.07) is 10.2. The largest absolute Gasteiger partial charge is 0.389 e. The van der Waals surface area contributed by atoms with Crippen LogP contribution in [0.5, 0.6) is 0 Å². The van der Waals surface area contributed by atoms with Crippen molar-refractivity contribution < 1.29 is 9.84 Å². The Morgan fingerprint density at radius 2 is 2.05 bits per heavy atom. The molecule has 4 nitrogen and oxygen atoms in total.